The molecule has 1 heterocycles. The van der Waals surface area contributed by atoms with Crippen LogP contribution in [-0.4, -0.2) is 43.1 Å². The van der Waals surface area contributed by atoms with Crippen molar-refractivity contribution >= 4 is 21.4 Å². The van der Waals surface area contributed by atoms with E-state index in [1.807, 2.05) is 0 Å². The van der Waals surface area contributed by atoms with Crippen molar-refractivity contribution in [2.45, 2.75) is 37.3 Å². The van der Waals surface area contributed by atoms with E-state index in [2.05, 4.69) is 26.1 Å². The van der Waals surface area contributed by atoms with Crippen molar-refractivity contribution in [2.24, 2.45) is 10.4 Å². The molecule has 0 radical (unpaired) electrons. The summed E-state index contributed by atoms with van der Waals surface area (Å²) in [6, 6.07) is 4.31. The van der Waals surface area contributed by atoms with Gasteiger partial charge in [-0.2, -0.15) is 0 Å². The van der Waals surface area contributed by atoms with Crippen LogP contribution >= 0.6 is 0 Å². The summed E-state index contributed by atoms with van der Waals surface area (Å²) in [7, 11) is -2.52. The van der Waals surface area contributed by atoms with Gasteiger partial charge in [-0.15, -0.1) is 0 Å². The van der Waals surface area contributed by atoms with Gasteiger partial charge in [-0.25, -0.2) is 9.02 Å². The molecule has 154 valence electrons. The minimum absolute atomic E-state index is 0.0240. The number of hydroxylamine groups is 1. The lowest BCUT2D eigenvalue weighted by atomic mass is 9.40. The molecule has 11 heteroatoms. The van der Waals surface area contributed by atoms with E-state index in [9.17, 15) is 13.8 Å². The van der Waals surface area contributed by atoms with Gasteiger partial charge in [0, 0.05) is 27.3 Å². The zero-order valence-electron chi connectivity index (χ0n) is 15.7. The molecule has 6 rings (SSSR count). The molecule has 9 nitrogen and oxygen atoms in total. The van der Waals surface area contributed by atoms with Gasteiger partial charge in [0.15, 0.2) is 11.5 Å². The van der Waals surface area contributed by atoms with Gasteiger partial charge in [0.25, 0.3) is 0 Å². The van der Waals surface area contributed by atoms with E-state index in [1.54, 1.807) is 6.07 Å². The Morgan fingerprint density at radius 2 is 2.21 bits per heavy atom. The quantitative estimate of drug-likeness (QED) is 0.320. The van der Waals surface area contributed by atoms with Crippen molar-refractivity contribution in [1.29, 1.82) is 4.78 Å². The maximum absolute atomic E-state index is 13.5. The molecule has 2 bridgehead atoms. The van der Waals surface area contributed by atoms with Crippen molar-refractivity contribution in [3.8, 4) is 0 Å². The summed E-state index contributed by atoms with van der Waals surface area (Å²) in [6.07, 6.45) is 4.55. The number of anilines is 1. The van der Waals surface area contributed by atoms with E-state index in [0.29, 0.717) is 18.0 Å². The summed E-state index contributed by atoms with van der Waals surface area (Å²) >= 11 is 0. The minimum Gasteiger partial charge on any atom is -0.360 e. The third kappa shape index (κ3) is 3.08. The van der Waals surface area contributed by atoms with Crippen molar-refractivity contribution < 1.29 is 18.4 Å². The number of benzene rings is 1. The van der Waals surface area contributed by atoms with E-state index in [0.717, 1.165) is 30.4 Å². The molecule has 2 aromatic rings. The second-order valence-corrected chi connectivity index (χ2v) is 11.0. The van der Waals surface area contributed by atoms with Gasteiger partial charge in [-0.1, -0.05) is 6.07 Å². The zero-order valence-corrected chi connectivity index (χ0v) is 16.6. The van der Waals surface area contributed by atoms with E-state index < -0.39 is 9.73 Å². The average molecular weight is 420 g/mol. The molecular formula is C18H21FN6O3S. The molecule has 4 aliphatic rings. The average Bonchev–Trinajstić information content (AvgIpc) is 3.02. The number of fused-ring (bicyclic) bond motifs is 1. The molecule has 1 unspecified atom stereocenters. The highest BCUT2D eigenvalue weighted by atomic mass is 32.2. The lowest BCUT2D eigenvalue weighted by Crippen LogP contribution is -2.72. The molecule has 0 aliphatic heterocycles. The first kappa shape index (κ1) is 18.5. The molecule has 0 saturated heterocycles. The number of halogens is 1. The topological polar surface area (TPSA) is 136 Å². The first-order valence-corrected chi connectivity index (χ1v) is 11.4. The van der Waals surface area contributed by atoms with Crippen LogP contribution in [0.15, 0.2) is 27.8 Å². The fourth-order valence-corrected chi connectivity index (χ4v) is 6.68. The van der Waals surface area contributed by atoms with Crippen LogP contribution in [0.5, 0.6) is 0 Å². The standard InChI is InChI=1S/C18H21FN6O3S/c1-29(20,27)9-17-6-18(7-17,8-17)22-16-14(24-28-25-16)15(23-26)21-13-4-10-2-3-11(19)5-12(10)13/h2-3,5,13,20,26H,4,6-9H2,1H3,(H,21,23)(H,22,25)/t13-,17?,18?,29?/m1/s1. The van der Waals surface area contributed by atoms with Gasteiger partial charge in [0.1, 0.15) is 5.82 Å². The number of nitrogens with zero attached hydrogens (tertiary/aromatic N) is 3. The molecular weight excluding hydrogens is 399 g/mol. The van der Waals surface area contributed by atoms with Crippen LogP contribution in [-0.2, 0) is 16.1 Å². The summed E-state index contributed by atoms with van der Waals surface area (Å²) in [6.45, 7) is 0. The molecule has 1 aromatic heterocycles. The van der Waals surface area contributed by atoms with Crippen LogP contribution in [0, 0.1) is 16.0 Å². The van der Waals surface area contributed by atoms with Crippen molar-refractivity contribution in [2.75, 3.05) is 17.3 Å². The number of hydrogen-bond donors (Lipinski definition) is 4. The first-order chi connectivity index (χ1) is 13.7. The van der Waals surface area contributed by atoms with E-state index >= 15 is 0 Å². The highest BCUT2D eigenvalue weighted by molar-refractivity contribution is 7.91. The molecule has 2 atom stereocenters. The Labute approximate surface area is 166 Å². The second kappa shape index (κ2) is 5.99. The fourth-order valence-electron chi connectivity index (χ4n) is 5.21. The van der Waals surface area contributed by atoms with Crippen LogP contribution in [0.3, 0.4) is 0 Å². The Balaban J connectivity index is 1.32. The Kier molecular flexibility index (Phi) is 3.82. The maximum atomic E-state index is 13.5. The second-order valence-electron chi connectivity index (χ2n) is 8.70. The molecule has 3 fully saturated rings. The number of amidine groups is 1. The molecule has 1 aromatic carbocycles. The summed E-state index contributed by atoms with van der Waals surface area (Å²) < 4.78 is 37.8. The van der Waals surface area contributed by atoms with Gasteiger partial charge in [-0.05, 0) is 64.7 Å². The largest absolute Gasteiger partial charge is 0.360 e. The number of aliphatic imine (C=N–C) groups is 1. The number of rotatable bonds is 6. The van der Waals surface area contributed by atoms with Crippen LogP contribution in [0.1, 0.15) is 42.1 Å². The highest BCUT2D eigenvalue weighted by Crippen LogP contribution is 2.68. The monoisotopic (exact) mass is 420 g/mol. The predicted octanol–water partition coefficient (Wildman–Crippen LogP) is 2.24. The van der Waals surface area contributed by atoms with Crippen LogP contribution < -0.4 is 10.8 Å². The fraction of sp³-hybridized carbons (Fsp3) is 0.500. The van der Waals surface area contributed by atoms with Crippen molar-refractivity contribution in [3.05, 3.63) is 40.8 Å². The summed E-state index contributed by atoms with van der Waals surface area (Å²) in [5.74, 6) is 0.544. The third-order valence-electron chi connectivity index (χ3n) is 6.09. The Morgan fingerprint density at radius 3 is 2.90 bits per heavy atom. The number of nitrogens with one attached hydrogen (secondary N) is 3. The lowest BCUT2D eigenvalue weighted by Gasteiger charge is -2.70. The normalized spacial score (nSPS) is 31.6. The third-order valence-corrected chi connectivity index (χ3v) is 7.25. The summed E-state index contributed by atoms with van der Waals surface area (Å²) in [5.41, 5.74) is 3.90. The van der Waals surface area contributed by atoms with E-state index in [-0.39, 0.29) is 34.3 Å². The predicted molar refractivity (Wildman–Crippen MR) is 103 cm³/mol. The summed E-state index contributed by atoms with van der Waals surface area (Å²) in [5, 5.41) is 20.7. The van der Waals surface area contributed by atoms with Crippen molar-refractivity contribution in [3.63, 3.8) is 0 Å². The SMILES string of the molecule is CS(=N)(=O)CC12CC(Nc3nonc3C(=N[C@@H]3Cc4ccc(F)cc43)NO)(C1)C2. The maximum Gasteiger partial charge on any atom is 0.202 e. The van der Waals surface area contributed by atoms with Crippen LogP contribution in [0.2, 0.25) is 0 Å². The van der Waals surface area contributed by atoms with Gasteiger partial charge >= 0.3 is 0 Å². The molecule has 0 amide bonds. The minimum atomic E-state index is -2.52. The zero-order chi connectivity index (χ0) is 20.4. The molecule has 0 spiro atoms. The first-order valence-electron chi connectivity index (χ1n) is 9.29. The van der Waals surface area contributed by atoms with E-state index in [1.165, 1.54) is 18.4 Å². The molecule has 3 saturated carbocycles. The van der Waals surface area contributed by atoms with Gasteiger partial charge in [0.05, 0.1) is 6.04 Å². The lowest BCUT2D eigenvalue weighted by molar-refractivity contribution is -0.0964. The number of aromatic nitrogens is 2. The Bertz CT molecular complexity index is 1110. The van der Waals surface area contributed by atoms with Crippen LogP contribution in [0.25, 0.3) is 0 Å². The van der Waals surface area contributed by atoms with Gasteiger partial charge < -0.3 is 5.32 Å². The van der Waals surface area contributed by atoms with Gasteiger partial charge in [-0.3, -0.25) is 24.7 Å². The smallest absolute Gasteiger partial charge is 0.202 e. The van der Waals surface area contributed by atoms with Crippen molar-refractivity contribution in [1.82, 2.24) is 15.8 Å². The molecule has 4 N–H and O–H groups in total. The Hall–Kier alpha value is -2.53. The van der Waals surface area contributed by atoms with E-state index in [4.69, 9.17) is 9.41 Å². The number of hydrogen-bond acceptors (Lipinski definition) is 8. The molecule has 4 aliphatic carbocycles. The summed E-state index contributed by atoms with van der Waals surface area (Å²) in [4.78, 5) is 4.46. The molecule has 29 heavy (non-hydrogen) atoms. The Morgan fingerprint density at radius 1 is 1.45 bits per heavy atom. The van der Waals surface area contributed by atoms with Crippen LogP contribution in [0.4, 0.5) is 10.2 Å². The highest BCUT2D eigenvalue weighted by Gasteiger charge is 2.68. The van der Waals surface area contributed by atoms with Gasteiger partial charge in [0.2, 0.25) is 5.82 Å².